The van der Waals surface area contributed by atoms with Crippen LogP contribution in [0.2, 0.25) is 0 Å². The van der Waals surface area contributed by atoms with E-state index in [0.717, 1.165) is 16.0 Å². The number of benzene rings is 2. The van der Waals surface area contributed by atoms with Gasteiger partial charge in [-0.25, -0.2) is 0 Å². The van der Waals surface area contributed by atoms with Crippen LogP contribution in [0.15, 0.2) is 51.8 Å². The standard InChI is InChI=1S/C20H21N3O2S/c1-12(2)26-16-7-5-6-15(11-16)18(24)21-20-23-22-19(25-20)17-9-8-13(3)10-14(17)4/h5-12H,1-4H3,(H,21,23,24). The number of nitrogens with zero attached hydrogens (tertiary/aromatic N) is 2. The Morgan fingerprint density at radius 3 is 2.65 bits per heavy atom. The van der Waals surface area contributed by atoms with Crippen molar-refractivity contribution in [3.63, 3.8) is 0 Å². The van der Waals surface area contributed by atoms with Crippen molar-refractivity contribution in [2.75, 3.05) is 5.32 Å². The molecule has 0 bridgehead atoms. The molecular weight excluding hydrogens is 346 g/mol. The van der Waals surface area contributed by atoms with Crippen LogP contribution in [0.4, 0.5) is 6.01 Å². The summed E-state index contributed by atoms with van der Waals surface area (Å²) in [6.07, 6.45) is 0. The average Bonchev–Trinajstić information content (AvgIpc) is 3.02. The molecule has 26 heavy (non-hydrogen) atoms. The Hall–Kier alpha value is -2.60. The van der Waals surface area contributed by atoms with E-state index in [0.29, 0.717) is 16.7 Å². The maximum absolute atomic E-state index is 12.5. The third-order valence-corrected chi connectivity index (χ3v) is 4.72. The summed E-state index contributed by atoms with van der Waals surface area (Å²) in [7, 11) is 0. The van der Waals surface area contributed by atoms with Gasteiger partial charge in [-0.3, -0.25) is 10.1 Å². The first-order valence-corrected chi connectivity index (χ1v) is 9.29. The van der Waals surface area contributed by atoms with Crippen LogP contribution in [0.5, 0.6) is 0 Å². The van der Waals surface area contributed by atoms with Gasteiger partial charge in [-0.15, -0.1) is 16.9 Å². The van der Waals surface area contributed by atoms with Crippen molar-refractivity contribution in [1.82, 2.24) is 10.2 Å². The smallest absolute Gasteiger partial charge is 0.322 e. The van der Waals surface area contributed by atoms with Gasteiger partial charge in [0.2, 0.25) is 5.89 Å². The molecular formula is C20H21N3O2S. The number of hydrogen-bond donors (Lipinski definition) is 1. The number of carbonyl (C=O) groups excluding carboxylic acids is 1. The van der Waals surface area contributed by atoms with Gasteiger partial charge in [0.05, 0.1) is 0 Å². The predicted molar refractivity (Wildman–Crippen MR) is 105 cm³/mol. The number of hydrogen-bond acceptors (Lipinski definition) is 5. The second-order valence-corrected chi connectivity index (χ2v) is 8.03. The zero-order valence-electron chi connectivity index (χ0n) is 15.2. The number of rotatable bonds is 5. The molecule has 1 heterocycles. The first-order valence-electron chi connectivity index (χ1n) is 8.41. The Labute approximate surface area is 157 Å². The first kappa shape index (κ1) is 18.2. The molecule has 134 valence electrons. The minimum atomic E-state index is -0.271. The first-order chi connectivity index (χ1) is 12.4. The highest BCUT2D eigenvalue weighted by atomic mass is 32.2. The van der Waals surface area contributed by atoms with Gasteiger partial charge in [0.1, 0.15) is 0 Å². The van der Waals surface area contributed by atoms with E-state index in [1.165, 1.54) is 5.56 Å². The largest absolute Gasteiger partial charge is 0.403 e. The minimum Gasteiger partial charge on any atom is -0.403 e. The maximum atomic E-state index is 12.5. The third-order valence-electron chi connectivity index (χ3n) is 3.73. The normalized spacial score (nSPS) is 11.0. The van der Waals surface area contributed by atoms with Crippen LogP contribution >= 0.6 is 11.8 Å². The van der Waals surface area contributed by atoms with Crippen molar-refractivity contribution >= 4 is 23.7 Å². The van der Waals surface area contributed by atoms with Gasteiger partial charge in [0.25, 0.3) is 5.91 Å². The Kier molecular flexibility index (Phi) is 5.42. The second-order valence-electron chi connectivity index (χ2n) is 6.38. The van der Waals surface area contributed by atoms with Gasteiger partial charge < -0.3 is 4.42 Å². The van der Waals surface area contributed by atoms with Gasteiger partial charge >= 0.3 is 6.01 Å². The van der Waals surface area contributed by atoms with Gasteiger partial charge in [0, 0.05) is 21.3 Å². The predicted octanol–water partition coefficient (Wildman–Crippen LogP) is 5.11. The van der Waals surface area contributed by atoms with E-state index in [9.17, 15) is 4.79 Å². The van der Waals surface area contributed by atoms with Crippen molar-refractivity contribution in [3.05, 3.63) is 59.2 Å². The summed E-state index contributed by atoms with van der Waals surface area (Å²) < 4.78 is 5.62. The molecule has 0 radical (unpaired) electrons. The van der Waals surface area contributed by atoms with Crippen LogP contribution in [0.25, 0.3) is 11.5 Å². The molecule has 0 unspecified atom stereocenters. The van der Waals surface area contributed by atoms with E-state index in [1.54, 1.807) is 17.8 Å². The van der Waals surface area contributed by atoms with E-state index >= 15 is 0 Å². The summed E-state index contributed by atoms with van der Waals surface area (Å²) >= 11 is 1.71. The van der Waals surface area contributed by atoms with Crippen LogP contribution in [-0.2, 0) is 0 Å². The molecule has 1 aromatic heterocycles. The Morgan fingerprint density at radius 2 is 1.92 bits per heavy atom. The van der Waals surface area contributed by atoms with Gasteiger partial charge in [-0.05, 0) is 43.7 Å². The fourth-order valence-corrected chi connectivity index (χ4v) is 3.48. The number of carbonyl (C=O) groups is 1. The molecule has 0 fully saturated rings. The van der Waals surface area contributed by atoms with E-state index in [1.807, 2.05) is 44.2 Å². The molecule has 0 saturated carbocycles. The zero-order valence-corrected chi connectivity index (χ0v) is 16.1. The molecule has 0 saturated heterocycles. The van der Waals surface area contributed by atoms with Gasteiger partial charge in [-0.1, -0.05) is 42.7 Å². The van der Waals surface area contributed by atoms with Crippen LogP contribution < -0.4 is 5.32 Å². The summed E-state index contributed by atoms with van der Waals surface area (Å²) in [6, 6.07) is 13.6. The van der Waals surface area contributed by atoms with Crippen molar-refractivity contribution in [2.24, 2.45) is 0 Å². The highest BCUT2D eigenvalue weighted by molar-refractivity contribution is 7.99. The van der Waals surface area contributed by atoms with Crippen LogP contribution in [0.3, 0.4) is 0 Å². The second kappa shape index (κ2) is 7.74. The van der Waals surface area contributed by atoms with Crippen molar-refractivity contribution < 1.29 is 9.21 Å². The van der Waals surface area contributed by atoms with Crippen LogP contribution in [0.1, 0.15) is 35.3 Å². The number of aryl methyl sites for hydroxylation is 2. The number of nitrogens with one attached hydrogen (secondary N) is 1. The highest BCUT2D eigenvalue weighted by Gasteiger charge is 2.14. The Balaban J connectivity index is 1.76. The topological polar surface area (TPSA) is 68.0 Å². The lowest BCUT2D eigenvalue weighted by molar-refractivity contribution is 0.102. The third kappa shape index (κ3) is 4.32. The Bertz CT molecular complexity index is 934. The van der Waals surface area contributed by atoms with E-state index in [4.69, 9.17) is 4.42 Å². The molecule has 0 aliphatic rings. The number of anilines is 1. The SMILES string of the molecule is Cc1ccc(-c2nnc(NC(=O)c3cccc(SC(C)C)c3)o2)c(C)c1. The fourth-order valence-electron chi connectivity index (χ4n) is 2.59. The van der Waals surface area contributed by atoms with Gasteiger partial charge in [0.15, 0.2) is 0 Å². The number of thioether (sulfide) groups is 1. The van der Waals surface area contributed by atoms with Crippen molar-refractivity contribution in [2.45, 2.75) is 37.8 Å². The number of amides is 1. The lowest BCUT2D eigenvalue weighted by Gasteiger charge is -2.06. The van der Waals surface area contributed by atoms with Crippen molar-refractivity contribution in [1.29, 1.82) is 0 Å². The molecule has 1 N–H and O–H groups in total. The van der Waals surface area contributed by atoms with E-state index in [2.05, 4.69) is 35.4 Å². The monoisotopic (exact) mass is 367 g/mol. The van der Waals surface area contributed by atoms with Crippen LogP contribution in [-0.4, -0.2) is 21.4 Å². The van der Waals surface area contributed by atoms with E-state index < -0.39 is 0 Å². The quantitative estimate of drug-likeness (QED) is 0.635. The molecule has 0 aliphatic heterocycles. The summed E-state index contributed by atoms with van der Waals surface area (Å²) in [5.74, 6) is 0.119. The van der Waals surface area contributed by atoms with Crippen molar-refractivity contribution in [3.8, 4) is 11.5 Å². The van der Waals surface area contributed by atoms with E-state index in [-0.39, 0.29) is 11.9 Å². The molecule has 0 aliphatic carbocycles. The lowest BCUT2D eigenvalue weighted by atomic mass is 10.1. The highest BCUT2D eigenvalue weighted by Crippen LogP contribution is 2.26. The molecule has 0 spiro atoms. The average molecular weight is 367 g/mol. The summed E-state index contributed by atoms with van der Waals surface area (Å²) in [5.41, 5.74) is 3.63. The van der Waals surface area contributed by atoms with Gasteiger partial charge in [-0.2, -0.15) is 0 Å². The maximum Gasteiger partial charge on any atom is 0.322 e. The summed E-state index contributed by atoms with van der Waals surface area (Å²) in [6.45, 7) is 8.25. The molecule has 0 atom stereocenters. The molecule has 2 aromatic carbocycles. The zero-order chi connectivity index (χ0) is 18.7. The fraction of sp³-hybridized carbons (Fsp3) is 0.250. The minimum absolute atomic E-state index is 0.0897. The Morgan fingerprint density at radius 1 is 1.12 bits per heavy atom. The summed E-state index contributed by atoms with van der Waals surface area (Å²) in [4.78, 5) is 13.5. The summed E-state index contributed by atoms with van der Waals surface area (Å²) in [5, 5.41) is 11.1. The molecule has 3 rings (SSSR count). The molecule has 5 nitrogen and oxygen atoms in total. The lowest BCUT2D eigenvalue weighted by Crippen LogP contribution is -2.12. The van der Waals surface area contributed by atoms with Crippen LogP contribution in [0, 0.1) is 13.8 Å². The molecule has 3 aromatic rings. The molecule has 6 heteroatoms. The molecule has 1 amide bonds. The number of aromatic nitrogens is 2.